The fourth-order valence-electron chi connectivity index (χ4n) is 3.75. The Morgan fingerprint density at radius 2 is 0.833 bits per heavy atom. The Morgan fingerprint density at radius 1 is 0.458 bits per heavy atom. The smallest absolute Gasteiger partial charge is 0.00671 e. The maximum Gasteiger partial charge on any atom is -0.00671 e. The minimum absolute atomic E-state index is 1.31. The van der Waals surface area contributed by atoms with Gasteiger partial charge in [0.15, 0.2) is 0 Å². The molecule has 0 nitrogen and oxygen atoms in total. The second-order valence-electron chi connectivity index (χ2n) is 6.96. The van der Waals surface area contributed by atoms with Crippen LogP contribution in [0.2, 0.25) is 0 Å². The molecule has 4 rings (SSSR count). The number of fused-ring (bicyclic) bond motifs is 2. The van der Waals surface area contributed by atoms with Crippen LogP contribution < -0.4 is 0 Å². The lowest BCUT2D eigenvalue weighted by Crippen LogP contribution is -1.92. The van der Waals surface area contributed by atoms with Crippen LogP contribution in [-0.4, -0.2) is 0 Å². The number of benzene rings is 4. The first-order valence-electron chi connectivity index (χ1n) is 8.55. The van der Waals surface area contributed by atoms with E-state index in [1.165, 1.54) is 54.9 Å². The Hall–Kier alpha value is -2.60. The topological polar surface area (TPSA) is 0 Å². The van der Waals surface area contributed by atoms with Crippen LogP contribution >= 0.6 is 0 Å². The molecule has 0 radical (unpaired) electrons. The number of hydrogen-bond donors (Lipinski definition) is 0. The van der Waals surface area contributed by atoms with Crippen LogP contribution in [0.4, 0.5) is 0 Å². The molecule has 0 atom stereocenters. The molecule has 0 aliphatic rings. The van der Waals surface area contributed by atoms with E-state index in [0.717, 1.165) is 0 Å². The van der Waals surface area contributed by atoms with Gasteiger partial charge < -0.3 is 0 Å². The standard InChI is InChI=1S/C24H22/c1-15-5-9-19-11-7-17(3)23(21(19)13-15)24-18(4)8-12-20-10-6-16(2)14-22(20)24/h5-14H,1-4H3. The van der Waals surface area contributed by atoms with Crippen LogP contribution in [0.5, 0.6) is 0 Å². The van der Waals surface area contributed by atoms with Crippen molar-refractivity contribution in [3.8, 4) is 11.1 Å². The van der Waals surface area contributed by atoms with Gasteiger partial charge in [0, 0.05) is 0 Å². The lowest BCUT2D eigenvalue weighted by Gasteiger charge is -2.17. The zero-order valence-corrected chi connectivity index (χ0v) is 14.8. The van der Waals surface area contributed by atoms with E-state index in [1.807, 2.05) is 0 Å². The summed E-state index contributed by atoms with van der Waals surface area (Å²) in [5.74, 6) is 0. The average molecular weight is 310 g/mol. The first kappa shape index (κ1) is 15.0. The van der Waals surface area contributed by atoms with Gasteiger partial charge in [-0.2, -0.15) is 0 Å². The van der Waals surface area contributed by atoms with E-state index in [0.29, 0.717) is 0 Å². The van der Waals surface area contributed by atoms with Crippen LogP contribution in [0.3, 0.4) is 0 Å². The molecule has 24 heavy (non-hydrogen) atoms. The van der Waals surface area contributed by atoms with Gasteiger partial charge in [-0.05, 0) is 71.5 Å². The second kappa shape index (κ2) is 5.49. The van der Waals surface area contributed by atoms with E-state index < -0.39 is 0 Å². The highest BCUT2D eigenvalue weighted by Crippen LogP contribution is 2.39. The van der Waals surface area contributed by atoms with Gasteiger partial charge in [0.05, 0.1) is 0 Å². The molecule has 0 heteroatoms. The SMILES string of the molecule is Cc1ccc2ccc(C)c(-c3c(C)ccc4ccc(C)cc34)c2c1. The number of aryl methyl sites for hydroxylation is 4. The molecular weight excluding hydrogens is 288 g/mol. The van der Waals surface area contributed by atoms with Crippen molar-refractivity contribution in [2.45, 2.75) is 27.7 Å². The van der Waals surface area contributed by atoms with Crippen molar-refractivity contribution in [3.05, 3.63) is 82.9 Å². The molecule has 0 unspecified atom stereocenters. The average Bonchev–Trinajstić information content (AvgIpc) is 2.56. The molecule has 0 saturated heterocycles. The van der Waals surface area contributed by atoms with E-state index in [-0.39, 0.29) is 0 Å². The summed E-state index contributed by atoms with van der Waals surface area (Å²) in [6, 6.07) is 22.5. The van der Waals surface area contributed by atoms with Crippen LogP contribution in [0.1, 0.15) is 22.3 Å². The number of rotatable bonds is 1. The third-order valence-corrected chi connectivity index (χ3v) is 5.02. The molecule has 0 spiro atoms. The molecule has 0 heterocycles. The number of hydrogen-bond acceptors (Lipinski definition) is 0. The zero-order valence-electron chi connectivity index (χ0n) is 14.8. The highest BCUT2D eigenvalue weighted by molar-refractivity contribution is 6.08. The van der Waals surface area contributed by atoms with Crippen molar-refractivity contribution < 1.29 is 0 Å². The van der Waals surface area contributed by atoms with Crippen LogP contribution in [0, 0.1) is 27.7 Å². The van der Waals surface area contributed by atoms with Gasteiger partial charge >= 0.3 is 0 Å². The fraction of sp³-hybridized carbons (Fsp3) is 0.167. The van der Waals surface area contributed by atoms with E-state index in [2.05, 4.69) is 88.4 Å². The molecular formula is C24H22. The van der Waals surface area contributed by atoms with Gasteiger partial charge in [-0.25, -0.2) is 0 Å². The highest BCUT2D eigenvalue weighted by atomic mass is 14.2. The summed E-state index contributed by atoms with van der Waals surface area (Å²) < 4.78 is 0. The quantitative estimate of drug-likeness (QED) is 0.359. The Bertz CT molecular complexity index is 984. The molecule has 0 bridgehead atoms. The minimum Gasteiger partial charge on any atom is -0.0587 e. The summed E-state index contributed by atoms with van der Waals surface area (Å²) in [7, 11) is 0. The fourth-order valence-corrected chi connectivity index (χ4v) is 3.75. The summed E-state index contributed by atoms with van der Waals surface area (Å²) in [6.07, 6.45) is 0. The Labute approximate surface area is 143 Å². The first-order chi connectivity index (χ1) is 11.5. The summed E-state index contributed by atoms with van der Waals surface area (Å²) in [5.41, 5.74) is 8.05. The predicted octanol–water partition coefficient (Wildman–Crippen LogP) is 6.89. The van der Waals surface area contributed by atoms with Gasteiger partial charge in [-0.3, -0.25) is 0 Å². The third kappa shape index (κ3) is 2.30. The molecule has 0 fully saturated rings. The summed E-state index contributed by atoms with van der Waals surface area (Å²) >= 11 is 0. The van der Waals surface area contributed by atoms with Crippen molar-refractivity contribution in [2.24, 2.45) is 0 Å². The Morgan fingerprint density at radius 3 is 1.25 bits per heavy atom. The van der Waals surface area contributed by atoms with Crippen molar-refractivity contribution in [1.82, 2.24) is 0 Å². The van der Waals surface area contributed by atoms with Gasteiger partial charge in [0.1, 0.15) is 0 Å². The predicted molar refractivity (Wildman–Crippen MR) is 106 cm³/mol. The van der Waals surface area contributed by atoms with Gasteiger partial charge in [0.25, 0.3) is 0 Å². The van der Waals surface area contributed by atoms with Gasteiger partial charge in [0.2, 0.25) is 0 Å². The Kier molecular flexibility index (Phi) is 3.42. The van der Waals surface area contributed by atoms with Crippen LogP contribution in [-0.2, 0) is 0 Å². The van der Waals surface area contributed by atoms with Crippen molar-refractivity contribution >= 4 is 21.5 Å². The maximum atomic E-state index is 2.33. The lowest BCUT2D eigenvalue weighted by molar-refractivity contribution is 1.43. The van der Waals surface area contributed by atoms with Gasteiger partial charge in [-0.15, -0.1) is 0 Å². The molecule has 4 aromatic carbocycles. The van der Waals surface area contributed by atoms with Crippen LogP contribution in [0.15, 0.2) is 60.7 Å². The molecule has 0 amide bonds. The van der Waals surface area contributed by atoms with Crippen molar-refractivity contribution in [1.29, 1.82) is 0 Å². The summed E-state index contributed by atoms with van der Waals surface area (Å²) in [6.45, 7) is 8.80. The minimum atomic E-state index is 1.31. The van der Waals surface area contributed by atoms with Gasteiger partial charge in [-0.1, -0.05) is 71.8 Å². The molecule has 118 valence electrons. The van der Waals surface area contributed by atoms with E-state index in [9.17, 15) is 0 Å². The highest BCUT2D eigenvalue weighted by Gasteiger charge is 2.13. The second-order valence-corrected chi connectivity index (χ2v) is 6.96. The zero-order chi connectivity index (χ0) is 16.8. The lowest BCUT2D eigenvalue weighted by atomic mass is 9.87. The normalized spacial score (nSPS) is 11.3. The van der Waals surface area contributed by atoms with Crippen molar-refractivity contribution in [3.63, 3.8) is 0 Å². The monoisotopic (exact) mass is 310 g/mol. The molecule has 0 saturated carbocycles. The van der Waals surface area contributed by atoms with E-state index in [4.69, 9.17) is 0 Å². The summed E-state index contributed by atoms with van der Waals surface area (Å²) in [5, 5.41) is 5.33. The molecule has 0 N–H and O–H groups in total. The largest absolute Gasteiger partial charge is 0.0587 e. The molecule has 4 aromatic rings. The Balaban J connectivity index is 2.21. The third-order valence-electron chi connectivity index (χ3n) is 5.02. The maximum absolute atomic E-state index is 2.33. The summed E-state index contributed by atoms with van der Waals surface area (Å²) in [4.78, 5) is 0. The molecule has 0 aliphatic carbocycles. The first-order valence-corrected chi connectivity index (χ1v) is 8.55. The van der Waals surface area contributed by atoms with E-state index >= 15 is 0 Å². The van der Waals surface area contributed by atoms with Crippen molar-refractivity contribution in [2.75, 3.05) is 0 Å². The molecule has 0 aliphatic heterocycles. The molecule has 0 aromatic heterocycles. The van der Waals surface area contributed by atoms with Crippen LogP contribution in [0.25, 0.3) is 32.7 Å². The van der Waals surface area contributed by atoms with E-state index in [1.54, 1.807) is 0 Å².